The lowest BCUT2D eigenvalue weighted by Crippen LogP contribution is -2.06. The van der Waals surface area contributed by atoms with Gasteiger partial charge in [0.15, 0.2) is 11.6 Å². The first-order chi connectivity index (χ1) is 23.8. The van der Waals surface area contributed by atoms with Crippen LogP contribution in [0.15, 0.2) is 150 Å². The highest BCUT2D eigenvalue weighted by molar-refractivity contribution is 6.24. The first-order valence-corrected chi connectivity index (χ1v) is 16.1. The van der Waals surface area contributed by atoms with Crippen molar-refractivity contribution < 1.29 is 4.42 Å². The fraction of sp³-hybridized carbons (Fsp3) is 0. The number of hydrogen-bond acceptors (Lipinski definition) is 4. The molecule has 0 radical (unpaired) electrons. The van der Waals surface area contributed by atoms with E-state index in [4.69, 9.17) is 19.4 Å². The number of furan rings is 1. The average molecular weight is 613 g/mol. The molecule has 3 heterocycles. The number of benzene rings is 7. The number of para-hydroxylation sites is 2. The molecule has 1 aliphatic rings. The third-order valence-corrected chi connectivity index (χ3v) is 9.81. The largest absolute Gasteiger partial charge is 0.455 e. The summed E-state index contributed by atoms with van der Waals surface area (Å²) in [6.07, 6.45) is 0. The Bertz CT molecular complexity index is 2900. The minimum Gasteiger partial charge on any atom is -0.455 e. The van der Waals surface area contributed by atoms with Crippen molar-refractivity contribution in [2.75, 3.05) is 0 Å². The van der Waals surface area contributed by atoms with Crippen LogP contribution in [0.5, 0.6) is 0 Å². The molecule has 5 nitrogen and oxygen atoms in total. The minimum absolute atomic E-state index is 0.573. The van der Waals surface area contributed by atoms with Crippen molar-refractivity contribution in [3.63, 3.8) is 0 Å². The Balaban J connectivity index is 1.21. The van der Waals surface area contributed by atoms with Crippen molar-refractivity contribution in [1.82, 2.24) is 19.5 Å². The minimum atomic E-state index is 0.573. The van der Waals surface area contributed by atoms with Crippen LogP contribution in [0.25, 0.3) is 105 Å². The molecule has 0 spiro atoms. The number of nitrogens with zero attached hydrogens (tertiary/aromatic N) is 4. The van der Waals surface area contributed by atoms with Gasteiger partial charge < -0.3 is 4.42 Å². The van der Waals surface area contributed by atoms with Gasteiger partial charge in [0, 0.05) is 38.2 Å². The Morgan fingerprint density at radius 1 is 0.438 bits per heavy atom. The molecule has 0 saturated carbocycles. The first-order valence-electron chi connectivity index (χ1n) is 16.1. The predicted molar refractivity (Wildman–Crippen MR) is 194 cm³/mol. The van der Waals surface area contributed by atoms with Gasteiger partial charge in [0.05, 0.1) is 11.0 Å². The molecule has 0 aliphatic heterocycles. The van der Waals surface area contributed by atoms with E-state index in [0.717, 1.165) is 60.4 Å². The molecule has 0 fully saturated rings. The topological polar surface area (TPSA) is 56.7 Å². The smallest absolute Gasteiger partial charge is 0.238 e. The monoisotopic (exact) mass is 612 g/mol. The zero-order chi connectivity index (χ0) is 31.3. The van der Waals surface area contributed by atoms with E-state index in [-0.39, 0.29) is 0 Å². The van der Waals surface area contributed by atoms with Gasteiger partial charge in [-0.05, 0) is 51.7 Å². The van der Waals surface area contributed by atoms with Gasteiger partial charge >= 0.3 is 0 Å². The fourth-order valence-corrected chi connectivity index (χ4v) is 7.78. The van der Waals surface area contributed by atoms with Gasteiger partial charge in [0.1, 0.15) is 11.2 Å². The molecule has 222 valence electrons. The van der Waals surface area contributed by atoms with Crippen molar-refractivity contribution >= 4 is 54.5 Å². The molecule has 48 heavy (non-hydrogen) atoms. The van der Waals surface area contributed by atoms with E-state index in [1.165, 1.54) is 27.5 Å². The lowest BCUT2D eigenvalue weighted by Gasteiger charge is -2.11. The van der Waals surface area contributed by atoms with Crippen LogP contribution in [-0.4, -0.2) is 19.5 Å². The molecule has 7 aromatic carbocycles. The maximum absolute atomic E-state index is 6.78. The summed E-state index contributed by atoms with van der Waals surface area (Å²) in [5.74, 6) is 1.79. The van der Waals surface area contributed by atoms with Gasteiger partial charge in [-0.1, -0.05) is 121 Å². The van der Waals surface area contributed by atoms with Gasteiger partial charge in [-0.2, -0.15) is 9.97 Å². The summed E-state index contributed by atoms with van der Waals surface area (Å²) in [6.45, 7) is 0. The van der Waals surface area contributed by atoms with Gasteiger partial charge in [0.2, 0.25) is 5.95 Å². The van der Waals surface area contributed by atoms with Crippen molar-refractivity contribution in [1.29, 1.82) is 0 Å². The molecule has 0 bridgehead atoms. The zero-order valence-electron chi connectivity index (χ0n) is 25.6. The molecule has 0 unspecified atom stereocenters. The summed E-state index contributed by atoms with van der Waals surface area (Å²) in [5, 5.41) is 6.88. The van der Waals surface area contributed by atoms with E-state index < -0.39 is 0 Å². The summed E-state index contributed by atoms with van der Waals surface area (Å²) in [7, 11) is 0. The molecule has 0 amide bonds. The van der Waals surface area contributed by atoms with Crippen molar-refractivity contribution in [2.24, 2.45) is 0 Å². The van der Waals surface area contributed by atoms with E-state index in [2.05, 4.69) is 108 Å². The van der Waals surface area contributed by atoms with Crippen LogP contribution in [0.4, 0.5) is 0 Å². The van der Waals surface area contributed by atoms with E-state index in [9.17, 15) is 0 Å². The predicted octanol–water partition coefficient (Wildman–Crippen LogP) is 11.0. The number of aromatic nitrogens is 4. The fourth-order valence-electron chi connectivity index (χ4n) is 7.78. The normalized spacial score (nSPS) is 12.2. The average Bonchev–Trinajstić information content (AvgIpc) is 3.81. The Hall–Kier alpha value is -6.59. The third-order valence-electron chi connectivity index (χ3n) is 9.81. The molecular formula is C43H24N4O. The number of rotatable bonds is 3. The van der Waals surface area contributed by atoms with E-state index >= 15 is 0 Å². The lowest BCUT2D eigenvalue weighted by molar-refractivity contribution is 0.670. The summed E-state index contributed by atoms with van der Waals surface area (Å²) >= 11 is 0. The first kappa shape index (κ1) is 25.6. The molecule has 10 aromatic rings. The quantitative estimate of drug-likeness (QED) is 0.199. The second-order valence-electron chi connectivity index (χ2n) is 12.4. The van der Waals surface area contributed by atoms with Crippen molar-refractivity contribution in [2.45, 2.75) is 0 Å². The second kappa shape index (κ2) is 9.47. The van der Waals surface area contributed by atoms with Crippen LogP contribution in [0.1, 0.15) is 0 Å². The molecular weight excluding hydrogens is 589 g/mol. The van der Waals surface area contributed by atoms with E-state index in [1.807, 2.05) is 42.5 Å². The summed E-state index contributed by atoms with van der Waals surface area (Å²) in [4.78, 5) is 15.5. The van der Waals surface area contributed by atoms with E-state index in [0.29, 0.717) is 17.6 Å². The second-order valence-corrected chi connectivity index (χ2v) is 12.4. The van der Waals surface area contributed by atoms with Crippen molar-refractivity contribution in [3.05, 3.63) is 146 Å². The zero-order valence-corrected chi connectivity index (χ0v) is 25.6. The Morgan fingerprint density at radius 2 is 1.10 bits per heavy atom. The Labute approximate surface area is 274 Å². The third kappa shape index (κ3) is 3.42. The molecule has 5 heteroatoms. The van der Waals surface area contributed by atoms with Gasteiger partial charge in [0.25, 0.3) is 0 Å². The maximum atomic E-state index is 6.78. The van der Waals surface area contributed by atoms with Crippen LogP contribution >= 0.6 is 0 Å². The highest BCUT2D eigenvalue weighted by atomic mass is 16.3. The Morgan fingerprint density at radius 3 is 1.90 bits per heavy atom. The standard InChI is InChI=1S/C43H24N4O/c1-2-11-26(12-3-1)41-44-42(46-43(45-41)47-34-20-6-4-15-27(34)28-16-5-7-21-35(28)47)33-19-10-22-36-38(33)32-24-23-30-29-17-8-13-25-14-9-18-31(37(25)29)39(30)40(32)48-36/h1-24H. The molecule has 3 aromatic heterocycles. The number of hydrogen-bond donors (Lipinski definition) is 0. The van der Waals surface area contributed by atoms with Gasteiger partial charge in [-0.25, -0.2) is 4.98 Å². The van der Waals surface area contributed by atoms with Gasteiger partial charge in [-0.15, -0.1) is 0 Å². The highest BCUT2D eigenvalue weighted by Crippen LogP contribution is 2.52. The van der Waals surface area contributed by atoms with Crippen LogP contribution in [0.2, 0.25) is 0 Å². The van der Waals surface area contributed by atoms with Crippen LogP contribution < -0.4 is 0 Å². The summed E-state index contributed by atoms with van der Waals surface area (Å²) < 4.78 is 8.93. The summed E-state index contributed by atoms with van der Waals surface area (Å²) in [6, 6.07) is 50.6. The molecule has 11 rings (SSSR count). The summed E-state index contributed by atoms with van der Waals surface area (Å²) in [5.41, 5.74) is 10.4. The SMILES string of the molecule is c1ccc(-c2nc(-c3cccc4oc5c6c(ccc5c34)-c3cccc4cccc-6c34)nc(-n3c4ccccc4c4ccccc43)n2)cc1. The number of fused-ring (bicyclic) bond motifs is 10. The van der Waals surface area contributed by atoms with Crippen molar-refractivity contribution in [3.8, 4) is 51.0 Å². The maximum Gasteiger partial charge on any atom is 0.238 e. The molecule has 0 N–H and O–H groups in total. The molecule has 0 atom stereocenters. The highest BCUT2D eigenvalue weighted by Gasteiger charge is 2.27. The lowest BCUT2D eigenvalue weighted by atomic mass is 9.99. The van der Waals surface area contributed by atoms with Crippen LogP contribution in [-0.2, 0) is 0 Å². The Kier molecular flexibility index (Phi) is 5.05. The van der Waals surface area contributed by atoms with Gasteiger partial charge in [-0.3, -0.25) is 4.57 Å². The van der Waals surface area contributed by atoms with Crippen LogP contribution in [0.3, 0.4) is 0 Å². The molecule has 0 saturated heterocycles. The van der Waals surface area contributed by atoms with Crippen LogP contribution in [0, 0.1) is 0 Å². The van der Waals surface area contributed by atoms with E-state index in [1.54, 1.807) is 0 Å². The molecule has 1 aliphatic carbocycles.